The van der Waals surface area contributed by atoms with E-state index in [1.54, 1.807) is 32.6 Å². The van der Waals surface area contributed by atoms with Gasteiger partial charge in [-0.3, -0.25) is 4.99 Å². The van der Waals surface area contributed by atoms with E-state index in [2.05, 4.69) is 48.7 Å². The number of aliphatic imine (C=N–C) groups is 1. The molecule has 0 aliphatic carbocycles. The van der Waals surface area contributed by atoms with E-state index < -0.39 is 0 Å². The molecule has 1 heterocycles. The summed E-state index contributed by atoms with van der Waals surface area (Å²) in [6, 6.07) is 8.14. The summed E-state index contributed by atoms with van der Waals surface area (Å²) in [4.78, 5) is 7.75. The van der Waals surface area contributed by atoms with Crippen molar-refractivity contribution in [1.82, 2.24) is 10.2 Å². The second-order valence-electron chi connectivity index (χ2n) is 5.49. The van der Waals surface area contributed by atoms with Gasteiger partial charge in [-0.15, -0.1) is 35.3 Å². The van der Waals surface area contributed by atoms with Gasteiger partial charge in [0.05, 0.1) is 20.8 Å². The molecule has 0 aliphatic rings. The minimum Gasteiger partial charge on any atom is -0.493 e. The molecule has 0 aliphatic heterocycles. The number of likely N-dealkylation sites (N-methyl/N-ethyl adjacent to an activating group) is 1. The zero-order valence-corrected chi connectivity index (χ0v) is 20.1. The molecule has 5 nitrogen and oxygen atoms in total. The summed E-state index contributed by atoms with van der Waals surface area (Å²) in [7, 11) is 7.15. The number of nitrogens with zero attached hydrogens (tertiary/aromatic N) is 2. The molecular weight excluding hydrogens is 529 g/mol. The zero-order chi connectivity index (χ0) is 18.2. The van der Waals surface area contributed by atoms with Gasteiger partial charge in [-0.25, -0.2) is 0 Å². The van der Waals surface area contributed by atoms with Crippen LogP contribution in [0.4, 0.5) is 0 Å². The highest BCUT2D eigenvalue weighted by atomic mass is 127. The van der Waals surface area contributed by atoms with Gasteiger partial charge in [-0.2, -0.15) is 0 Å². The van der Waals surface area contributed by atoms with Gasteiger partial charge in [0.2, 0.25) is 0 Å². The van der Waals surface area contributed by atoms with Gasteiger partial charge in [0, 0.05) is 35.4 Å². The minimum absolute atomic E-state index is 0. The summed E-state index contributed by atoms with van der Waals surface area (Å²) in [5.41, 5.74) is 1.20. The summed E-state index contributed by atoms with van der Waals surface area (Å²) >= 11 is 5.20. The van der Waals surface area contributed by atoms with Crippen molar-refractivity contribution in [2.45, 2.75) is 13.0 Å². The Balaban J connectivity index is 0.00000338. The first kappa shape index (κ1) is 23.0. The first-order valence-corrected chi connectivity index (χ1v) is 9.60. The number of hydrogen-bond acceptors (Lipinski definition) is 4. The Bertz CT molecular complexity index is 724. The maximum absolute atomic E-state index is 5.36. The van der Waals surface area contributed by atoms with Crippen LogP contribution in [-0.2, 0) is 13.0 Å². The molecule has 1 N–H and O–H groups in total. The molecule has 2 rings (SSSR count). The average Bonchev–Trinajstić information content (AvgIpc) is 3.05. The van der Waals surface area contributed by atoms with Crippen LogP contribution in [0, 0.1) is 0 Å². The van der Waals surface area contributed by atoms with Crippen LogP contribution in [0.3, 0.4) is 0 Å². The molecule has 0 atom stereocenters. The standard InChI is InChI=1S/C18H24BrN3O2S.HI/c1-20-18(21-11-15-10-14(19)12-25-15)22(2)8-7-13-5-6-16(23-3)17(9-13)24-4;/h5-6,9-10,12H,7-8,11H2,1-4H3,(H,20,21);1H. The number of benzene rings is 1. The van der Waals surface area contributed by atoms with E-state index in [9.17, 15) is 0 Å². The number of rotatable bonds is 7. The minimum atomic E-state index is 0. The van der Waals surface area contributed by atoms with Crippen molar-refractivity contribution in [1.29, 1.82) is 0 Å². The Morgan fingerprint density at radius 2 is 1.96 bits per heavy atom. The number of thiophene rings is 1. The molecule has 0 radical (unpaired) electrons. The first-order valence-electron chi connectivity index (χ1n) is 7.93. The maximum Gasteiger partial charge on any atom is 0.193 e. The number of halogens is 2. The fourth-order valence-electron chi connectivity index (χ4n) is 2.44. The third-order valence-corrected chi connectivity index (χ3v) is 5.50. The molecule has 1 aromatic carbocycles. The summed E-state index contributed by atoms with van der Waals surface area (Å²) in [6.45, 7) is 1.62. The van der Waals surface area contributed by atoms with E-state index in [1.807, 2.05) is 19.2 Å². The van der Waals surface area contributed by atoms with E-state index in [0.29, 0.717) is 0 Å². The molecule has 26 heavy (non-hydrogen) atoms. The number of ether oxygens (including phenoxy) is 2. The number of nitrogens with one attached hydrogen (secondary N) is 1. The van der Waals surface area contributed by atoms with Crippen molar-refractivity contribution in [3.05, 3.63) is 44.6 Å². The molecule has 0 amide bonds. The van der Waals surface area contributed by atoms with Crippen molar-refractivity contribution in [2.75, 3.05) is 34.9 Å². The van der Waals surface area contributed by atoms with Crippen LogP contribution in [0.2, 0.25) is 0 Å². The lowest BCUT2D eigenvalue weighted by molar-refractivity contribution is 0.354. The van der Waals surface area contributed by atoms with Gasteiger partial charge in [0.15, 0.2) is 17.5 Å². The fraction of sp³-hybridized carbons (Fsp3) is 0.389. The van der Waals surface area contributed by atoms with Crippen molar-refractivity contribution < 1.29 is 9.47 Å². The van der Waals surface area contributed by atoms with E-state index in [0.717, 1.165) is 41.4 Å². The SMILES string of the molecule is CN=C(NCc1cc(Br)cs1)N(C)CCc1ccc(OC)c(OC)c1.I. The van der Waals surface area contributed by atoms with Crippen LogP contribution in [0.25, 0.3) is 0 Å². The highest BCUT2D eigenvalue weighted by Crippen LogP contribution is 2.27. The molecule has 0 unspecified atom stereocenters. The van der Waals surface area contributed by atoms with Gasteiger partial charge in [-0.05, 0) is 46.1 Å². The molecule has 2 aromatic rings. The summed E-state index contributed by atoms with van der Waals surface area (Å²) in [6.07, 6.45) is 0.891. The van der Waals surface area contributed by atoms with Gasteiger partial charge < -0.3 is 19.7 Å². The summed E-state index contributed by atoms with van der Waals surface area (Å²) < 4.78 is 11.8. The van der Waals surface area contributed by atoms with Gasteiger partial charge in [0.25, 0.3) is 0 Å². The Hall–Kier alpha value is -1.00. The number of guanidine groups is 1. The van der Waals surface area contributed by atoms with E-state index in [1.165, 1.54) is 10.4 Å². The maximum atomic E-state index is 5.36. The molecule has 0 fully saturated rings. The van der Waals surface area contributed by atoms with E-state index >= 15 is 0 Å². The molecular formula is C18H25BrIN3O2S. The third-order valence-electron chi connectivity index (χ3n) is 3.80. The second kappa shape index (κ2) is 11.7. The molecule has 8 heteroatoms. The predicted molar refractivity (Wildman–Crippen MR) is 124 cm³/mol. The molecule has 144 valence electrons. The largest absolute Gasteiger partial charge is 0.493 e. The lowest BCUT2D eigenvalue weighted by Gasteiger charge is -2.22. The third kappa shape index (κ3) is 6.62. The predicted octanol–water partition coefficient (Wildman–Crippen LogP) is 4.40. The van der Waals surface area contributed by atoms with Gasteiger partial charge >= 0.3 is 0 Å². The van der Waals surface area contributed by atoms with Crippen molar-refractivity contribution in [2.24, 2.45) is 4.99 Å². The highest BCUT2D eigenvalue weighted by molar-refractivity contribution is 14.0. The van der Waals surface area contributed by atoms with Gasteiger partial charge in [0.1, 0.15) is 0 Å². The molecule has 0 spiro atoms. The summed E-state index contributed by atoms with van der Waals surface area (Å²) in [5, 5.41) is 5.48. The monoisotopic (exact) mass is 553 g/mol. The Kier molecular flexibility index (Phi) is 10.3. The molecule has 0 bridgehead atoms. The van der Waals surface area contributed by atoms with Crippen LogP contribution in [0.15, 0.2) is 39.1 Å². The highest BCUT2D eigenvalue weighted by Gasteiger charge is 2.09. The molecule has 0 saturated carbocycles. The van der Waals surface area contributed by atoms with Crippen molar-refractivity contribution in [3.63, 3.8) is 0 Å². The van der Waals surface area contributed by atoms with Crippen LogP contribution in [0.5, 0.6) is 11.5 Å². The quantitative estimate of drug-likeness (QED) is 0.314. The Morgan fingerprint density at radius 1 is 1.23 bits per heavy atom. The number of methoxy groups -OCH3 is 2. The zero-order valence-electron chi connectivity index (χ0n) is 15.4. The lowest BCUT2D eigenvalue weighted by Crippen LogP contribution is -2.39. The van der Waals surface area contributed by atoms with Crippen LogP contribution < -0.4 is 14.8 Å². The number of hydrogen-bond donors (Lipinski definition) is 1. The van der Waals surface area contributed by atoms with Crippen LogP contribution >= 0.6 is 51.2 Å². The lowest BCUT2D eigenvalue weighted by atomic mass is 10.1. The molecule has 1 aromatic heterocycles. The smallest absolute Gasteiger partial charge is 0.193 e. The van der Waals surface area contributed by atoms with Crippen LogP contribution in [-0.4, -0.2) is 45.7 Å². The van der Waals surface area contributed by atoms with E-state index in [-0.39, 0.29) is 24.0 Å². The van der Waals surface area contributed by atoms with Crippen molar-refractivity contribution >= 4 is 57.2 Å². The van der Waals surface area contributed by atoms with Gasteiger partial charge in [-0.1, -0.05) is 6.07 Å². The Labute approximate surface area is 184 Å². The second-order valence-corrected chi connectivity index (χ2v) is 7.40. The topological polar surface area (TPSA) is 46.1 Å². The normalized spacial score (nSPS) is 10.9. The molecule has 0 saturated heterocycles. The van der Waals surface area contributed by atoms with Crippen molar-refractivity contribution in [3.8, 4) is 11.5 Å². The fourth-order valence-corrected chi connectivity index (χ4v) is 3.83. The first-order chi connectivity index (χ1) is 12.1. The average molecular weight is 554 g/mol. The van der Waals surface area contributed by atoms with Crippen LogP contribution in [0.1, 0.15) is 10.4 Å². The van der Waals surface area contributed by atoms with E-state index in [4.69, 9.17) is 9.47 Å². The summed E-state index contributed by atoms with van der Waals surface area (Å²) in [5.74, 6) is 2.39. The Morgan fingerprint density at radius 3 is 2.54 bits per heavy atom.